The van der Waals surface area contributed by atoms with Crippen LogP contribution < -0.4 is 4.74 Å². The van der Waals surface area contributed by atoms with Crippen molar-refractivity contribution in [1.29, 1.82) is 0 Å². The minimum atomic E-state index is -0.404. The van der Waals surface area contributed by atoms with Gasteiger partial charge >= 0.3 is 0 Å². The summed E-state index contributed by atoms with van der Waals surface area (Å²) in [7, 11) is 0. The zero-order valence-electron chi connectivity index (χ0n) is 7.95. The quantitative estimate of drug-likeness (QED) is 0.714. The zero-order chi connectivity index (χ0) is 9.42. The molecule has 1 N–H and O–H groups in total. The predicted molar refractivity (Wildman–Crippen MR) is 51.0 cm³/mol. The first-order valence-corrected chi connectivity index (χ1v) is 4.64. The normalized spacial score (nSPS) is 22.2. The lowest BCUT2D eigenvalue weighted by Gasteiger charge is -2.11. The summed E-state index contributed by atoms with van der Waals surface area (Å²) in [6.07, 6.45) is -0.404. The molecule has 1 aliphatic heterocycles. The highest BCUT2D eigenvalue weighted by Gasteiger charge is 2.24. The smallest absolute Gasteiger partial charge is 0.123 e. The van der Waals surface area contributed by atoms with Crippen LogP contribution in [0.3, 0.4) is 0 Å². The Morgan fingerprint density at radius 2 is 2.31 bits per heavy atom. The Morgan fingerprint density at radius 3 is 3.00 bits per heavy atom. The molecule has 1 aromatic carbocycles. The molecule has 1 aromatic rings. The van der Waals surface area contributed by atoms with Crippen LogP contribution in [0, 0.1) is 0 Å². The Balaban J connectivity index is 2.53. The molecule has 1 aliphatic rings. The Morgan fingerprint density at radius 1 is 1.54 bits per heavy atom. The van der Waals surface area contributed by atoms with Crippen LogP contribution in [0.4, 0.5) is 0 Å². The van der Waals surface area contributed by atoms with Gasteiger partial charge in [-0.1, -0.05) is 19.1 Å². The fourth-order valence-electron chi connectivity index (χ4n) is 1.88. The second kappa shape index (κ2) is 3.04. The maximum atomic E-state index is 9.55. The predicted octanol–water partition coefficient (Wildman–Crippen LogP) is 2.24. The van der Waals surface area contributed by atoms with Gasteiger partial charge in [0.1, 0.15) is 5.75 Å². The molecule has 2 atom stereocenters. The van der Waals surface area contributed by atoms with Crippen molar-refractivity contribution in [2.45, 2.75) is 25.9 Å². The van der Waals surface area contributed by atoms with Crippen LogP contribution in [-0.2, 0) is 0 Å². The molecule has 0 saturated carbocycles. The van der Waals surface area contributed by atoms with Gasteiger partial charge in [-0.25, -0.2) is 0 Å². The number of hydrogen-bond acceptors (Lipinski definition) is 2. The summed E-state index contributed by atoms with van der Waals surface area (Å²) in [6.45, 7) is 4.65. The van der Waals surface area contributed by atoms with Crippen LogP contribution in [0.5, 0.6) is 5.75 Å². The molecule has 1 heterocycles. The summed E-state index contributed by atoms with van der Waals surface area (Å²) in [5, 5.41) is 9.55. The molecular weight excluding hydrogens is 164 g/mol. The van der Waals surface area contributed by atoms with Gasteiger partial charge in [0.2, 0.25) is 0 Å². The number of hydrogen-bond donors (Lipinski definition) is 1. The number of rotatable bonds is 1. The molecular formula is C11H14O2. The Kier molecular flexibility index (Phi) is 2.00. The van der Waals surface area contributed by atoms with Gasteiger partial charge in [-0.2, -0.15) is 0 Å². The molecule has 0 aromatic heterocycles. The highest BCUT2D eigenvalue weighted by molar-refractivity contribution is 5.46. The van der Waals surface area contributed by atoms with Crippen molar-refractivity contribution < 1.29 is 9.84 Å². The van der Waals surface area contributed by atoms with Crippen LogP contribution >= 0.6 is 0 Å². The summed E-state index contributed by atoms with van der Waals surface area (Å²) in [6, 6.07) is 5.86. The van der Waals surface area contributed by atoms with E-state index in [4.69, 9.17) is 4.74 Å². The van der Waals surface area contributed by atoms with E-state index in [1.165, 1.54) is 5.56 Å². The molecule has 0 fully saturated rings. The average Bonchev–Trinajstić information content (AvgIpc) is 2.48. The lowest BCUT2D eigenvalue weighted by atomic mass is 9.95. The monoisotopic (exact) mass is 178 g/mol. The van der Waals surface area contributed by atoms with E-state index in [1.807, 2.05) is 18.2 Å². The minimum Gasteiger partial charge on any atom is -0.493 e. The maximum Gasteiger partial charge on any atom is 0.123 e. The van der Waals surface area contributed by atoms with Crippen LogP contribution in [0.15, 0.2) is 18.2 Å². The molecule has 70 valence electrons. The second-order valence-electron chi connectivity index (χ2n) is 3.65. The maximum absolute atomic E-state index is 9.55. The SMILES string of the molecule is CC(O)c1cccc2c1C(C)CO2. The lowest BCUT2D eigenvalue weighted by molar-refractivity contribution is 0.198. The van der Waals surface area contributed by atoms with Gasteiger partial charge < -0.3 is 9.84 Å². The van der Waals surface area contributed by atoms with Crippen molar-refractivity contribution >= 4 is 0 Å². The molecule has 2 unspecified atom stereocenters. The first-order chi connectivity index (χ1) is 6.20. The standard InChI is InChI=1S/C11H14O2/c1-7-6-13-10-5-3-4-9(8(2)12)11(7)10/h3-5,7-8,12H,6H2,1-2H3. The minimum absolute atomic E-state index is 0.404. The van der Waals surface area contributed by atoms with Crippen LogP contribution in [0.1, 0.15) is 37.0 Å². The Bertz CT molecular complexity index is 318. The highest BCUT2D eigenvalue weighted by Crippen LogP contribution is 2.38. The highest BCUT2D eigenvalue weighted by atomic mass is 16.5. The van der Waals surface area contributed by atoms with Crippen molar-refractivity contribution in [2.24, 2.45) is 0 Å². The van der Waals surface area contributed by atoms with Gasteiger partial charge in [0.25, 0.3) is 0 Å². The fraction of sp³-hybridized carbons (Fsp3) is 0.455. The summed E-state index contributed by atoms with van der Waals surface area (Å²) >= 11 is 0. The van der Waals surface area contributed by atoms with E-state index >= 15 is 0 Å². The lowest BCUT2D eigenvalue weighted by Crippen LogP contribution is -1.99. The molecule has 2 nitrogen and oxygen atoms in total. The van der Waals surface area contributed by atoms with Crippen molar-refractivity contribution in [2.75, 3.05) is 6.61 Å². The van der Waals surface area contributed by atoms with E-state index in [0.29, 0.717) is 5.92 Å². The first-order valence-electron chi connectivity index (χ1n) is 4.64. The molecule has 2 heteroatoms. The van der Waals surface area contributed by atoms with Gasteiger partial charge in [-0.15, -0.1) is 0 Å². The zero-order valence-corrected chi connectivity index (χ0v) is 7.95. The first kappa shape index (κ1) is 8.57. The van der Waals surface area contributed by atoms with Crippen LogP contribution in [0.25, 0.3) is 0 Å². The number of fused-ring (bicyclic) bond motifs is 1. The molecule has 0 amide bonds. The van der Waals surface area contributed by atoms with Gasteiger partial charge in [0.05, 0.1) is 12.7 Å². The van der Waals surface area contributed by atoms with Crippen molar-refractivity contribution in [3.05, 3.63) is 29.3 Å². The van der Waals surface area contributed by atoms with Gasteiger partial charge in [-0.3, -0.25) is 0 Å². The summed E-state index contributed by atoms with van der Waals surface area (Å²) < 4.78 is 5.49. The number of ether oxygens (including phenoxy) is 1. The van der Waals surface area contributed by atoms with E-state index in [1.54, 1.807) is 6.92 Å². The summed E-state index contributed by atoms with van der Waals surface area (Å²) in [4.78, 5) is 0. The molecule has 0 bridgehead atoms. The topological polar surface area (TPSA) is 29.5 Å². The van der Waals surface area contributed by atoms with Crippen LogP contribution in [-0.4, -0.2) is 11.7 Å². The largest absolute Gasteiger partial charge is 0.493 e. The third-order valence-corrected chi connectivity index (χ3v) is 2.53. The molecule has 0 spiro atoms. The second-order valence-corrected chi connectivity index (χ2v) is 3.65. The molecule has 0 aliphatic carbocycles. The summed E-state index contributed by atoms with van der Waals surface area (Å²) in [5.74, 6) is 1.34. The Labute approximate surface area is 78.2 Å². The van der Waals surface area contributed by atoms with Gasteiger partial charge in [0, 0.05) is 11.5 Å². The van der Waals surface area contributed by atoms with Crippen LogP contribution in [0.2, 0.25) is 0 Å². The van der Waals surface area contributed by atoms with E-state index in [2.05, 4.69) is 6.92 Å². The third kappa shape index (κ3) is 1.31. The van der Waals surface area contributed by atoms with Crippen molar-refractivity contribution in [3.63, 3.8) is 0 Å². The van der Waals surface area contributed by atoms with E-state index < -0.39 is 6.10 Å². The number of benzene rings is 1. The fourth-order valence-corrected chi connectivity index (χ4v) is 1.88. The van der Waals surface area contributed by atoms with E-state index in [-0.39, 0.29) is 0 Å². The van der Waals surface area contributed by atoms with Crippen molar-refractivity contribution in [3.8, 4) is 5.75 Å². The average molecular weight is 178 g/mol. The van der Waals surface area contributed by atoms with E-state index in [9.17, 15) is 5.11 Å². The van der Waals surface area contributed by atoms with Gasteiger partial charge in [-0.05, 0) is 18.6 Å². The molecule has 0 saturated heterocycles. The Hall–Kier alpha value is -1.02. The van der Waals surface area contributed by atoms with E-state index in [0.717, 1.165) is 17.9 Å². The number of aliphatic hydroxyl groups excluding tert-OH is 1. The van der Waals surface area contributed by atoms with Crippen molar-refractivity contribution in [1.82, 2.24) is 0 Å². The van der Waals surface area contributed by atoms with Gasteiger partial charge in [0.15, 0.2) is 0 Å². The summed E-state index contributed by atoms with van der Waals surface area (Å²) in [5.41, 5.74) is 2.18. The molecule has 0 radical (unpaired) electrons. The number of aliphatic hydroxyl groups is 1. The molecule has 2 rings (SSSR count). The third-order valence-electron chi connectivity index (χ3n) is 2.53. The molecule has 13 heavy (non-hydrogen) atoms.